The number of rotatable bonds is 5. The Labute approximate surface area is 119 Å². The summed E-state index contributed by atoms with van der Waals surface area (Å²) >= 11 is 0. The molecule has 0 aliphatic carbocycles. The molecular formula is C14H22N4O2. The highest BCUT2D eigenvalue weighted by Gasteiger charge is 2.15. The molecule has 2 rings (SSSR count). The van der Waals surface area contributed by atoms with Crippen LogP contribution in [-0.2, 0) is 4.74 Å². The average Bonchev–Trinajstić information content (AvgIpc) is 2.45. The quantitative estimate of drug-likeness (QED) is 0.847. The van der Waals surface area contributed by atoms with Gasteiger partial charge in [0.05, 0.1) is 13.2 Å². The van der Waals surface area contributed by atoms with Gasteiger partial charge in [0.1, 0.15) is 5.82 Å². The van der Waals surface area contributed by atoms with Crippen LogP contribution in [0.25, 0.3) is 0 Å². The Bertz CT molecular complexity index is 458. The second kappa shape index (κ2) is 7.21. The molecule has 1 aliphatic heterocycles. The van der Waals surface area contributed by atoms with E-state index in [0.717, 1.165) is 37.6 Å². The Hall–Kier alpha value is -1.66. The SMILES string of the molecule is CCCNc1cc(C(=O)NN2CCOCC2)cc(C)n1. The molecule has 1 aliphatic rings. The van der Waals surface area contributed by atoms with Crippen molar-refractivity contribution in [2.75, 3.05) is 38.2 Å². The minimum absolute atomic E-state index is 0.100. The molecular weight excluding hydrogens is 256 g/mol. The molecule has 0 saturated carbocycles. The first-order chi connectivity index (χ1) is 9.69. The van der Waals surface area contributed by atoms with Crippen LogP contribution in [0.3, 0.4) is 0 Å². The number of amides is 1. The van der Waals surface area contributed by atoms with E-state index in [0.29, 0.717) is 18.8 Å². The van der Waals surface area contributed by atoms with Crippen molar-refractivity contribution in [1.82, 2.24) is 15.4 Å². The Morgan fingerprint density at radius 3 is 2.85 bits per heavy atom. The maximum absolute atomic E-state index is 12.2. The molecule has 0 atom stereocenters. The molecule has 1 saturated heterocycles. The van der Waals surface area contributed by atoms with Crippen molar-refractivity contribution in [1.29, 1.82) is 0 Å². The van der Waals surface area contributed by atoms with Gasteiger partial charge >= 0.3 is 0 Å². The lowest BCUT2D eigenvalue weighted by Gasteiger charge is -2.27. The molecule has 0 aromatic carbocycles. The van der Waals surface area contributed by atoms with Crippen LogP contribution in [0.15, 0.2) is 12.1 Å². The van der Waals surface area contributed by atoms with Gasteiger partial charge in [-0.25, -0.2) is 9.99 Å². The zero-order valence-electron chi connectivity index (χ0n) is 12.1. The number of anilines is 1. The number of nitrogens with zero attached hydrogens (tertiary/aromatic N) is 2. The van der Waals surface area contributed by atoms with Gasteiger partial charge in [0.25, 0.3) is 5.91 Å². The summed E-state index contributed by atoms with van der Waals surface area (Å²) < 4.78 is 5.26. The van der Waals surface area contributed by atoms with E-state index in [2.05, 4.69) is 22.7 Å². The van der Waals surface area contributed by atoms with E-state index in [9.17, 15) is 4.79 Å². The van der Waals surface area contributed by atoms with Crippen molar-refractivity contribution in [3.8, 4) is 0 Å². The number of morpholine rings is 1. The van der Waals surface area contributed by atoms with Gasteiger partial charge < -0.3 is 10.1 Å². The summed E-state index contributed by atoms with van der Waals surface area (Å²) in [6.07, 6.45) is 1.02. The van der Waals surface area contributed by atoms with E-state index in [4.69, 9.17) is 4.74 Å². The van der Waals surface area contributed by atoms with Crippen molar-refractivity contribution >= 4 is 11.7 Å². The standard InChI is InChI=1S/C14H22N4O2/c1-3-4-15-13-10-12(9-11(2)16-13)14(19)17-18-5-7-20-8-6-18/h9-10H,3-8H2,1-2H3,(H,15,16)(H,17,19). The van der Waals surface area contributed by atoms with Gasteiger partial charge in [-0.1, -0.05) is 6.92 Å². The van der Waals surface area contributed by atoms with Crippen LogP contribution >= 0.6 is 0 Å². The molecule has 1 aromatic heterocycles. The van der Waals surface area contributed by atoms with Gasteiger partial charge in [-0.2, -0.15) is 0 Å². The highest BCUT2D eigenvalue weighted by molar-refractivity contribution is 5.94. The number of aryl methyl sites for hydroxylation is 1. The fourth-order valence-corrected chi connectivity index (χ4v) is 2.03. The minimum Gasteiger partial charge on any atom is -0.379 e. The summed E-state index contributed by atoms with van der Waals surface area (Å²) in [5.41, 5.74) is 4.36. The highest BCUT2D eigenvalue weighted by atomic mass is 16.5. The zero-order valence-corrected chi connectivity index (χ0v) is 12.1. The van der Waals surface area contributed by atoms with E-state index < -0.39 is 0 Å². The van der Waals surface area contributed by atoms with E-state index in [1.807, 2.05) is 11.9 Å². The van der Waals surface area contributed by atoms with Crippen molar-refractivity contribution in [2.24, 2.45) is 0 Å². The molecule has 110 valence electrons. The van der Waals surface area contributed by atoms with Crippen molar-refractivity contribution in [3.63, 3.8) is 0 Å². The fraction of sp³-hybridized carbons (Fsp3) is 0.571. The smallest absolute Gasteiger partial charge is 0.265 e. The third-order valence-electron chi connectivity index (χ3n) is 3.04. The average molecular weight is 278 g/mol. The number of hydrogen-bond donors (Lipinski definition) is 2. The Morgan fingerprint density at radius 2 is 2.15 bits per heavy atom. The van der Waals surface area contributed by atoms with E-state index >= 15 is 0 Å². The lowest BCUT2D eigenvalue weighted by atomic mass is 10.2. The molecule has 6 heteroatoms. The molecule has 6 nitrogen and oxygen atoms in total. The summed E-state index contributed by atoms with van der Waals surface area (Å²) in [5.74, 6) is 0.649. The summed E-state index contributed by atoms with van der Waals surface area (Å²) in [6.45, 7) is 7.57. The minimum atomic E-state index is -0.100. The number of ether oxygens (including phenoxy) is 1. The molecule has 0 bridgehead atoms. The number of carbonyl (C=O) groups is 1. The van der Waals surface area contributed by atoms with E-state index in [1.165, 1.54) is 0 Å². The second-order valence-corrected chi connectivity index (χ2v) is 4.85. The number of hydrazine groups is 1. The van der Waals surface area contributed by atoms with Crippen LogP contribution in [0.1, 0.15) is 29.4 Å². The number of carbonyl (C=O) groups excluding carboxylic acids is 1. The van der Waals surface area contributed by atoms with Gasteiger partial charge in [0.15, 0.2) is 0 Å². The largest absolute Gasteiger partial charge is 0.379 e. The summed E-state index contributed by atoms with van der Waals surface area (Å²) in [6, 6.07) is 3.59. The summed E-state index contributed by atoms with van der Waals surface area (Å²) in [5, 5.41) is 5.10. The lowest BCUT2D eigenvalue weighted by molar-refractivity contribution is 0.0126. The highest BCUT2D eigenvalue weighted by Crippen LogP contribution is 2.10. The first-order valence-electron chi connectivity index (χ1n) is 7.05. The maximum Gasteiger partial charge on any atom is 0.265 e. The molecule has 2 N–H and O–H groups in total. The summed E-state index contributed by atoms with van der Waals surface area (Å²) in [4.78, 5) is 16.6. The maximum atomic E-state index is 12.2. The summed E-state index contributed by atoms with van der Waals surface area (Å²) in [7, 11) is 0. The number of aromatic nitrogens is 1. The second-order valence-electron chi connectivity index (χ2n) is 4.85. The Kier molecular flexibility index (Phi) is 5.31. The monoisotopic (exact) mass is 278 g/mol. The third-order valence-corrected chi connectivity index (χ3v) is 3.04. The van der Waals surface area contributed by atoms with Crippen LogP contribution in [0.4, 0.5) is 5.82 Å². The van der Waals surface area contributed by atoms with Crippen molar-refractivity contribution in [2.45, 2.75) is 20.3 Å². The van der Waals surface area contributed by atoms with Gasteiger partial charge in [-0.3, -0.25) is 10.2 Å². The topological polar surface area (TPSA) is 66.5 Å². The zero-order chi connectivity index (χ0) is 14.4. The Morgan fingerprint density at radius 1 is 1.40 bits per heavy atom. The van der Waals surface area contributed by atoms with Crippen LogP contribution in [0, 0.1) is 6.92 Å². The molecule has 1 aromatic rings. The third kappa shape index (κ3) is 4.18. The molecule has 1 fully saturated rings. The number of nitrogens with one attached hydrogen (secondary N) is 2. The van der Waals surface area contributed by atoms with E-state index in [-0.39, 0.29) is 5.91 Å². The first-order valence-corrected chi connectivity index (χ1v) is 7.05. The Balaban J connectivity index is 2.02. The molecule has 1 amide bonds. The number of pyridine rings is 1. The normalized spacial score (nSPS) is 15.9. The molecule has 2 heterocycles. The van der Waals surface area contributed by atoms with Crippen LogP contribution < -0.4 is 10.7 Å². The molecule has 0 radical (unpaired) electrons. The number of hydrogen-bond acceptors (Lipinski definition) is 5. The van der Waals surface area contributed by atoms with Crippen LogP contribution in [0.5, 0.6) is 0 Å². The van der Waals surface area contributed by atoms with Gasteiger partial charge in [0.2, 0.25) is 0 Å². The lowest BCUT2D eigenvalue weighted by Crippen LogP contribution is -2.48. The fourth-order valence-electron chi connectivity index (χ4n) is 2.03. The van der Waals surface area contributed by atoms with Crippen molar-refractivity contribution < 1.29 is 9.53 Å². The van der Waals surface area contributed by atoms with Crippen LogP contribution in [0.2, 0.25) is 0 Å². The van der Waals surface area contributed by atoms with Gasteiger partial charge in [-0.05, 0) is 25.5 Å². The predicted molar refractivity (Wildman–Crippen MR) is 77.6 cm³/mol. The predicted octanol–water partition coefficient (Wildman–Crippen LogP) is 1.19. The molecule has 0 spiro atoms. The van der Waals surface area contributed by atoms with Crippen LogP contribution in [-0.4, -0.2) is 48.7 Å². The molecule has 20 heavy (non-hydrogen) atoms. The van der Waals surface area contributed by atoms with Gasteiger partial charge in [-0.15, -0.1) is 0 Å². The van der Waals surface area contributed by atoms with Crippen molar-refractivity contribution in [3.05, 3.63) is 23.4 Å². The van der Waals surface area contributed by atoms with E-state index in [1.54, 1.807) is 12.1 Å². The first kappa shape index (κ1) is 14.7. The van der Waals surface area contributed by atoms with Gasteiger partial charge in [0, 0.05) is 30.9 Å². The molecule has 0 unspecified atom stereocenters.